The normalized spacial score (nSPS) is 18.9. The van der Waals surface area contributed by atoms with Gasteiger partial charge in [-0.25, -0.2) is 0 Å². The molecule has 0 aliphatic carbocycles. The molecule has 0 fully saturated rings. The fourth-order valence-electron chi connectivity index (χ4n) is 2.07. The third kappa shape index (κ3) is 1.54. The first-order valence-corrected chi connectivity index (χ1v) is 5.05. The fourth-order valence-corrected chi connectivity index (χ4v) is 2.07. The average Bonchev–Trinajstić information content (AvgIpc) is 2.17. The van der Waals surface area contributed by atoms with E-state index in [1.807, 2.05) is 12.1 Å². The van der Waals surface area contributed by atoms with Crippen LogP contribution in [0.5, 0.6) is 5.75 Å². The highest BCUT2D eigenvalue weighted by Gasteiger charge is 2.19. The summed E-state index contributed by atoms with van der Waals surface area (Å²) >= 11 is 0. The second-order valence-electron chi connectivity index (χ2n) is 3.89. The molecule has 1 aromatic carbocycles. The van der Waals surface area contributed by atoms with Gasteiger partial charge >= 0.3 is 0 Å². The van der Waals surface area contributed by atoms with Gasteiger partial charge in [-0.05, 0) is 31.6 Å². The zero-order valence-electron chi connectivity index (χ0n) is 9.29. The monoisotopic (exact) mass is 204 g/mol. The molecule has 3 N–H and O–H groups in total. The zero-order valence-corrected chi connectivity index (χ0v) is 9.29. The van der Waals surface area contributed by atoms with Crippen LogP contribution >= 0.6 is 0 Å². The van der Waals surface area contributed by atoms with Crippen LogP contribution in [0, 0.1) is 0 Å². The summed E-state index contributed by atoms with van der Waals surface area (Å²) in [5.41, 5.74) is 10.0. The number of hydrogen-bond donors (Lipinski definition) is 2. The Balaban J connectivity index is 2.65. The Hall–Kier alpha value is -1.64. The van der Waals surface area contributed by atoms with Crippen molar-refractivity contribution in [2.75, 3.05) is 18.2 Å². The molecule has 2 rings (SSSR count). The Morgan fingerprint density at radius 2 is 2.13 bits per heavy atom. The van der Waals surface area contributed by atoms with Gasteiger partial charge in [0.2, 0.25) is 0 Å². The number of methoxy groups -OCH3 is 1. The van der Waals surface area contributed by atoms with Crippen molar-refractivity contribution in [2.24, 2.45) is 0 Å². The van der Waals surface area contributed by atoms with Crippen molar-refractivity contribution in [3.05, 3.63) is 23.8 Å². The topological polar surface area (TPSA) is 47.3 Å². The lowest BCUT2D eigenvalue weighted by Gasteiger charge is -2.25. The molecular weight excluding hydrogens is 188 g/mol. The molecule has 0 spiro atoms. The van der Waals surface area contributed by atoms with Crippen LogP contribution in [0.4, 0.5) is 11.4 Å². The van der Waals surface area contributed by atoms with Gasteiger partial charge in [0.05, 0.1) is 12.8 Å². The van der Waals surface area contributed by atoms with E-state index in [4.69, 9.17) is 10.5 Å². The van der Waals surface area contributed by atoms with Crippen LogP contribution in [0.3, 0.4) is 0 Å². The van der Waals surface area contributed by atoms with E-state index in [2.05, 4.69) is 25.2 Å². The van der Waals surface area contributed by atoms with E-state index in [1.165, 1.54) is 5.57 Å². The van der Waals surface area contributed by atoms with Crippen molar-refractivity contribution >= 4 is 16.9 Å². The summed E-state index contributed by atoms with van der Waals surface area (Å²) in [6.07, 6.45) is 2.16. The van der Waals surface area contributed by atoms with Gasteiger partial charge in [-0.2, -0.15) is 0 Å². The van der Waals surface area contributed by atoms with Gasteiger partial charge in [0.15, 0.2) is 0 Å². The van der Waals surface area contributed by atoms with Gasteiger partial charge in [-0.3, -0.25) is 0 Å². The third-order valence-corrected chi connectivity index (χ3v) is 2.69. The average molecular weight is 204 g/mol. The van der Waals surface area contributed by atoms with E-state index < -0.39 is 0 Å². The molecular formula is C12H16N2O. The second-order valence-corrected chi connectivity index (χ2v) is 3.89. The summed E-state index contributed by atoms with van der Waals surface area (Å²) in [7, 11) is 1.67. The van der Waals surface area contributed by atoms with Gasteiger partial charge in [0, 0.05) is 17.3 Å². The van der Waals surface area contributed by atoms with Gasteiger partial charge in [-0.1, -0.05) is 6.08 Å². The second kappa shape index (κ2) is 3.50. The van der Waals surface area contributed by atoms with Crippen molar-refractivity contribution in [2.45, 2.75) is 19.9 Å². The third-order valence-electron chi connectivity index (χ3n) is 2.69. The molecule has 1 aliphatic heterocycles. The molecule has 0 bridgehead atoms. The van der Waals surface area contributed by atoms with Crippen LogP contribution in [0.25, 0.3) is 5.57 Å². The maximum absolute atomic E-state index is 5.96. The minimum atomic E-state index is 0.313. The Morgan fingerprint density at radius 1 is 1.40 bits per heavy atom. The molecule has 1 unspecified atom stereocenters. The van der Waals surface area contributed by atoms with Gasteiger partial charge in [-0.15, -0.1) is 0 Å². The van der Waals surface area contributed by atoms with E-state index in [9.17, 15) is 0 Å². The number of hydrogen-bond acceptors (Lipinski definition) is 3. The van der Waals surface area contributed by atoms with Gasteiger partial charge < -0.3 is 15.8 Å². The minimum Gasteiger partial charge on any atom is -0.495 e. The van der Waals surface area contributed by atoms with Crippen LogP contribution < -0.4 is 15.8 Å². The van der Waals surface area contributed by atoms with Crippen molar-refractivity contribution < 1.29 is 4.74 Å². The Morgan fingerprint density at radius 3 is 2.80 bits per heavy atom. The number of rotatable bonds is 1. The molecule has 3 heteroatoms. The molecule has 1 aromatic rings. The number of nitrogen functional groups attached to an aromatic ring is 1. The highest BCUT2D eigenvalue weighted by Crippen LogP contribution is 2.40. The number of nitrogens with two attached hydrogens (primary N) is 1. The largest absolute Gasteiger partial charge is 0.495 e. The number of nitrogens with one attached hydrogen (secondary N) is 1. The smallest absolute Gasteiger partial charge is 0.142 e. The molecule has 80 valence electrons. The number of anilines is 2. The van der Waals surface area contributed by atoms with E-state index in [0.717, 1.165) is 22.7 Å². The molecule has 0 saturated heterocycles. The predicted molar refractivity (Wildman–Crippen MR) is 64.1 cm³/mol. The Labute approximate surface area is 89.9 Å². The molecule has 0 saturated carbocycles. The highest BCUT2D eigenvalue weighted by molar-refractivity contribution is 5.89. The summed E-state index contributed by atoms with van der Waals surface area (Å²) in [4.78, 5) is 0. The van der Waals surface area contributed by atoms with Crippen molar-refractivity contribution in [3.63, 3.8) is 0 Å². The number of allylic oxidation sites excluding steroid dienone is 1. The number of fused-ring (bicyclic) bond motifs is 1. The maximum Gasteiger partial charge on any atom is 0.142 e. The SMILES string of the molecule is COc1ccc(N)c2c1NC(C)C=C2C. The molecule has 3 nitrogen and oxygen atoms in total. The standard InChI is InChI=1S/C12H16N2O/c1-7-6-8(2)14-12-10(15-3)5-4-9(13)11(7)12/h4-6,8,14H,13H2,1-3H3. The van der Waals surface area contributed by atoms with E-state index >= 15 is 0 Å². The van der Waals surface area contributed by atoms with Crippen molar-refractivity contribution in [1.29, 1.82) is 0 Å². The number of benzene rings is 1. The molecule has 0 amide bonds. The molecule has 1 heterocycles. The lowest BCUT2D eigenvalue weighted by molar-refractivity contribution is 0.416. The predicted octanol–water partition coefficient (Wildman–Crippen LogP) is 2.49. The number of ether oxygens (including phenoxy) is 1. The first-order valence-electron chi connectivity index (χ1n) is 5.05. The van der Waals surface area contributed by atoms with Crippen LogP contribution in [0.1, 0.15) is 19.4 Å². The highest BCUT2D eigenvalue weighted by atomic mass is 16.5. The quantitative estimate of drug-likeness (QED) is 0.691. The summed E-state index contributed by atoms with van der Waals surface area (Å²) in [6.45, 7) is 4.18. The first kappa shape index (κ1) is 9.90. The van der Waals surface area contributed by atoms with Crippen LogP contribution in [0.2, 0.25) is 0 Å². The Kier molecular flexibility index (Phi) is 2.31. The molecule has 1 aliphatic rings. The van der Waals surface area contributed by atoms with Gasteiger partial charge in [0.25, 0.3) is 0 Å². The molecule has 0 aromatic heterocycles. The van der Waals surface area contributed by atoms with Crippen molar-refractivity contribution in [3.8, 4) is 5.75 Å². The first-order chi connectivity index (χ1) is 7.13. The molecule has 0 radical (unpaired) electrons. The summed E-state index contributed by atoms with van der Waals surface area (Å²) < 4.78 is 5.32. The van der Waals surface area contributed by atoms with E-state index in [1.54, 1.807) is 7.11 Å². The minimum absolute atomic E-state index is 0.313. The van der Waals surface area contributed by atoms with Gasteiger partial charge in [0.1, 0.15) is 5.75 Å². The van der Waals surface area contributed by atoms with Crippen LogP contribution in [-0.2, 0) is 0 Å². The summed E-state index contributed by atoms with van der Waals surface area (Å²) in [5.74, 6) is 0.846. The van der Waals surface area contributed by atoms with E-state index in [-0.39, 0.29) is 0 Å². The molecule has 15 heavy (non-hydrogen) atoms. The lowest BCUT2D eigenvalue weighted by Crippen LogP contribution is -2.19. The van der Waals surface area contributed by atoms with Crippen LogP contribution in [0.15, 0.2) is 18.2 Å². The molecule has 1 atom stereocenters. The van der Waals surface area contributed by atoms with Crippen LogP contribution in [-0.4, -0.2) is 13.2 Å². The fraction of sp³-hybridized carbons (Fsp3) is 0.333. The maximum atomic E-state index is 5.96. The summed E-state index contributed by atoms with van der Waals surface area (Å²) in [5, 5.41) is 3.37. The van der Waals surface area contributed by atoms with E-state index in [0.29, 0.717) is 6.04 Å². The Bertz CT molecular complexity index is 424. The summed E-state index contributed by atoms with van der Waals surface area (Å²) in [6, 6.07) is 4.09. The van der Waals surface area contributed by atoms with Crippen molar-refractivity contribution in [1.82, 2.24) is 0 Å². The zero-order chi connectivity index (χ0) is 11.0. The lowest BCUT2D eigenvalue weighted by atomic mass is 9.96.